The van der Waals surface area contributed by atoms with Crippen LogP contribution in [0.15, 0.2) is 72.9 Å². The molecule has 0 aliphatic heterocycles. The van der Waals surface area contributed by atoms with Gasteiger partial charge in [-0.05, 0) is 17.5 Å². The van der Waals surface area contributed by atoms with Crippen LogP contribution in [0.3, 0.4) is 0 Å². The standard InChI is InChI=1S/C19H15N3O/c23-19(22-18-12-20-16-10-4-3-9-15(16)18)21-17-11-5-7-13-6-1-2-8-14(13)17/h1-12,20H,(H2,21,22,23). The molecule has 0 fully saturated rings. The highest BCUT2D eigenvalue weighted by Gasteiger charge is 2.08. The van der Waals surface area contributed by atoms with E-state index in [0.29, 0.717) is 0 Å². The van der Waals surface area contributed by atoms with Crippen molar-refractivity contribution in [1.29, 1.82) is 0 Å². The van der Waals surface area contributed by atoms with Crippen LogP contribution in [0.2, 0.25) is 0 Å². The monoisotopic (exact) mass is 301 g/mol. The van der Waals surface area contributed by atoms with Gasteiger partial charge in [-0.3, -0.25) is 0 Å². The van der Waals surface area contributed by atoms with E-state index in [2.05, 4.69) is 15.6 Å². The maximum Gasteiger partial charge on any atom is 0.323 e. The third-order valence-corrected chi connectivity index (χ3v) is 3.88. The van der Waals surface area contributed by atoms with E-state index in [4.69, 9.17) is 0 Å². The van der Waals surface area contributed by atoms with Crippen molar-refractivity contribution in [3.8, 4) is 0 Å². The molecule has 0 bridgehead atoms. The van der Waals surface area contributed by atoms with Gasteiger partial charge in [-0.1, -0.05) is 54.6 Å². The second-order valence-corrected chi connectivity index (χ2v) is 5.35. The largest absolute Gasteiger partial charge is 0.359 e. The summed E-state index contributed by atoms with van der Waals surface area (Å²) in [5.41, 5.74) is 2.55. The van der Waals surface area contributed by atoms with E-state index in [-0.39, 0.29) is 6.03 Å². The molecule has 0 aliphatic carbocycles. The highest BCUT2D eigenvalue weighted by Crippen LogP contribution is 2.25. The molecule has 112 valence electrons. The Bertz CT molecular complexity index is 998. The van der Waals surface area contributed by atoms with Crippen LogP contribution in [0.1, 0.15) is 0 Å². The fourth-order valence-electron chi connectivity index (χ4n) is 2.79. The Morgan fingerprint density at radius 3 is 2.35 bits per heavy atom. The van der Waals surface area contributed by atoms with Gasteiger partial charge in [-0.2, -0.15) is 0 Å². The highest BCUT2D eigenvalue weighted by molar-refractivity contribution is 6.09. The Kier molecular flexibility index (Phi) is 3.20. The average molecular weight is 301 g/mol. The van der Waals surface area contributed by atoms with Crippen LogP contribution < -0.4 is 10.6 Å². The number of fused-ring (bicyclic) bond motifs is 2. The van der Waals surface area contributed by atoms with E-state index in [9.17, 15) is 4.79 Å². The number of hydrogen-bond donors (Lipinski definition) is 3. The van der Waals surface area contributed by atoms with Crippen molar-refractivity contribution in [2.24, 2.45) is 0 Å². The molecule has 0 atom stereocenters. The molecule has 3 aromatic carbocycles. The molecule has 4 aromatic rings. The zero-order chi connectivity index (χ0) is 15.6. The number of rotatable bonds is 2. The van der Waals surface area contributed by atoms with E-state index in [1.54, 1.807) is 6.20 Å². The van der Waals surface area contributed by atoms with Gasteiger partial charge in [0.15, 0.2) is 0 Å². The number of para-hydroxylation sites is 1. The maximum absolute atomic E-state index is 12.3. The van der Waals surface area contributed by atoms with Crippen molar-refractivity contribution in [2.75, 3.05) is 10.6 Å². The molecule has 4 nitrogen and oxygen atoms in total. The number of amides is 2. The zero-order valence-corrected chi connectivity index (χ0v) is 12.3. The lowest BCUT2D eigenvalue weighted by atomic mass is 10.1. The van der Waals surface area contributed by atoms with E-state index in [1.165, 1.54) is 0 Å². The normalized spacial score (nSPS) is 10.8. The molecule has 0 unspecified atom stereocenters. The Hall–Kier alpha value is -3.27. The first-order valence-corrected chi connectivity index (χ1v) is 7.43. The van der Waals surface area contributed by atoms with Gasteiger partial charge in [0.05, 0.1) is 11.4 Å². The number of benzene rings is 3. The van der Waals surface area contributed by atoms with E-state index < -0.39 is 0 Å². The number of hydrogen-bond acceptors (Lipinski definition) is 1. The molecule has 2 amide bonds. The number of H-pyrrole nitrogens is 1. The van der Waals surface area contributed by atoms with Crippen LogP contribution in [0.4, 0.5) is 16.2 Å². The molecule has 4 heteroatoms. The van der Waals surface area contributed by atoms with Crippen LogP contribution in [-0.2, 0) is 0 Å². The first-order valence-electron chi connectivity index (χ1n) is 7.43. The summed E-state index contributed by atoms with van der Waals surface area (Å²) >= 11 is 0. The maximum atomic E-state index is 12.3. The van der Waals surface area contributed by atoms with Crippen molar-refractivity contribution in [1.82, 2.24) is 4.98 Å². The third kappa shape index (κ3) is 2.51. The molecule has 23 heavy (non-hydrogen) atoms. The lowest BCUT2D eigenvalue weighted by Crippen LogP contribution is -2.19. The predicted molar refractivity (Wildman–Crippen MR) is 94.9 cm³/mol. The molecular weight excluding hydrogens is 286 g/mol. The number of urea groups is 1. The number of aromatic nitrogens is 1. The first kappa shape index (κ1) is 13.4. The van der Waals surface area contributed by atoms with Crippen LogP contribution in [0.5, 0.6) is 0 Å². The van der Waals surface area contributed by atoms with Crippen molar-refractivity contribution in [2.45, 2.75) is 0 Å². The van der Waals surface area contributed by atoms with E-state index >= 15 is 0 Å². The summed E-state index contributed by atoms with van der Waals surface area (Å²) in [5, 5.41) is 8.92. The molecule has 0 spiro atoms. The lowest BCUT2D eigenvalue weighted by molar-refractivity contribution is 0.262. The average Bonchev–Trinajstić information content (AvgIpc) is 2.98. The Morgan fingerprint density at radius 2 is 1.43 bits per heavy atom. The van der Waals surface area contributed by atoms with Crippen molar-refractivity contribution >= 4 is 39.1 Å². The fourth-order valence-corrected chi connectivity index (χ4v) is 2.79. The molecule has 0 saturated heterocycles. The third-order valence-electron chi connectivity index (χ3n) is 3.88. The lowest BCUT2D eigenvalue weighted by Gasteiger charge is -2.09. The zero-order valence-electron chi connectivity index (χ0n) is 12.3. The Balaban J connectivity index is 1.60. The molecular formula is C19H15N3O. The van der Waals surface area contributed by atoms with Gasteiger partial charge >= 0.3 is 6.03 Å². The number of aromatic amines is 1. The highest BCUT2D eigenvalue weighted by atomic mass is 16.2. The summed E-state index contributed by atoms with van der Waals surface area (Å²) in [6.45, 7) is 0. The van der Waals surface area contributed by atoms with Gasteiger partial charge in [0, 0.05) is 22.5 Å². The number of nitrogens with one attached hydrogen (secondary N) is 3. The van der Waals surface area contributed by atoms with Gasteiger partial charge in [0.25, 0.3) is 0 Å². The summed E-state index contributed by atoms with van der Waals surface area (Å²) in [6.07, 6.45) is 1.80. The van der Waals surface area contributed by atoms with Crippen LogP contribution in [0.25, 0.3) is 21.7 Å². The van der Waals surface area contributed by atoms with Gasteiger partial charge in [-0.25, -0.2) is 4.79 Å². The van der Waals surface area contributed by atoms with Crippen molar-refractivity contribution in [3.05, 3.63) is 72.9 Å². The first-order chi connectivity index (χ1) is 11.3. The molecule has 0 aliphatic rings. The summed E-state index contributed by atoms with van der Waals surface area (Å²) in [6, 6.07) is 21.4. The van der Waals surface area contributed by atoms with Crippen LogP contribution in [-0.4, -0.2) is 11.0 Å². The molecule has 3 N–H and O–H groups in total. The second-order valence-electron chi connectivity index (χ2n) is 5.35. The van der Waals surface area contributed by atoms with Gasteiger partial charge < -0.3 is 15.6 Å². The summed E-state index contributed by atoms with van der Waals surface area (Å²) in [7, 11) is 0. The van der Waals surface area contributed by atoms with Crippen LogP contribution >= 0.6 is 0 Å². The minimum absolute atomic E-state index is 0.258. The Morgan fingerprint density at radius 1 is 0.739 bits per heavy atom. The number of carbonyl (C=O) groups is 1. The minimum Gasteiger partial charge on any atom is -0.359 e. The SMILES string of the molecule is O=C(Nc1cccc2ccccc12)Nc1c[nH]c2ccccc12. The molecule has 4 rings (SSSR count). The van der Waals surface area contributed by atoms with Gasteiger partial charge in [0.1, 0.15) is 0 Å². The van der Waals surface area contributed by atoms with E-state index in [0.717, 1.165) is 33.1 Å². The van der Waals surface area contributed by atoms with Gasteiger partial charge in [-0.15, -0.1) is 0 Å². The van der Waals surface area contributed by atoms with Crippen molar-refractivity contribution < 1.29 is 4.79 Å². The second kappa shape index (κ2) is 5.50. The molecule has 0 saturated carbocycles. The molecule has 1 aromatic heterocycles. The summed E-state index contributed by atoms with van der Waals surface area (Å²) in [5.74, 6) is 0. The predicted octanol–water partition coefficient (Wildman–Crippen LogP) is 4.97. The molecule has 1 heterocycles. The topological polar surface area (TPSA) is 56.9 Å². The van der Waals surface area contributed by atoms with E-state index in [1.807, 2.05) is 66.7 Å². The number of carbonyl (C=O) groups excluding carboxylic acids is 1. The minimum atomic E-state index is -0.258. The fraction of sp³-hybridized carbons (Fsp3) is 0. The number of anilines is 2. The summed E-state index contributed by atoms with van der Waals surface area (Å²) < 4.78 is 0. The van der Waals surface area contributed by atoms with Crippen LogP contribution in [0, 0.1) is 0 Å². The Labute approximate surface area is 133 Å². The summed E-state index contributed by atoms with van der Waals surface area (Å²) in [4.78, 5) is 15.5. The quantitative estimate of drug-likeness (QED) is 0.481. The smallest absolute Gasteiger partial charge is 0.323 e. The van der Waals surface area contributed by atoms with Gasteiger partial charge in [0.2, 0.25) is 0 Å². The molecule has 0 radical (unpaired) electrons. The van der Waals surface area contributed by atoms with Crippen molar-refractivity contribution in [3.63, 3.8) is 0 Å².